The maximum atomic E-state index is 12.9. The Labute approximate surface area is 168 Å². The Kier molecular flexibility index (Phi) is 4.85. The quantitative estimate of drug-likeness (QED) is 0.713. The number of hydrogen-bond donors (Lipinski definition) is 1. The van der Waals surface area contributed by atoms with Crippen LogP contribution in [0.3, 0.4) is 0 Å². The van der Waals surface area contributed by atoms with Gasteiger partial charge in [-0.05, 0) is 36.6 Å². The molecule has 1 amide bonds. The minimum atomic E-state index is -0.277. The van der Waals surface area contributed by atoms with Crippen LogP contribution in [-0.2, 0) is 11.8 Å². The van der Waals surface area contributed by atoms with E-state index in [9.17, 15) is 4.79 Å². The van der Waals surface area contributed by atoms with Gasteiger partial charge < -0.3 is 10.2 Å². The molecule has 2 aromatic heterocycles. The van der Waals surface area contributed by atoms with Crippen LogP contribution in [0.1, 0.15) is 31.9 Å². The van der Waals surface area contributed by atoms with E-state index >= 15 is 0 Å². The molecule has 7 nitrogen and oxygen atoms in total. The van der Waals surface area contributed by atoms with E-state index in [1.807, 2.05) is 42.2 Å². The highest BCUT2D eigenvalue weighted by Crippen LogP contribution is 2.30. The Morgan fingerprint density at radius 2 is 1.89 bits per heavy atom. The Balaban J connectivity index is 1.58. The van der Waals surface area contributed by atoms with E-state index in [4.69, 9.17) is 11.6 Å². The molecule has 1 fully saturated rings. The summed E-state index contributed by atoms with van der Waals surface area (Å²) in [7, 11) is 1.85. The molecule has 146 valence electrons. The summed E-state index contributed by atoms with van der Waals surface area (Å²) in [5, 5.41) is 12.8. The average molecular weight is 399 g/mol. The van der Waals surface area contributed by atoms with Crippen molar-refractivity contribution in [3.05, 3.63) is 53.6 Å². The second-order valence-corrected chi connectivity index (χ2v) is 7.77. The zero-order chi connectivity index (χ0) is 19.8. The fourth-order valence-corrected chi connectivity index (χ4v) is 3.74. The summed E-state index contributed by atoms with van der Waals surface area (Å²) in [6, 6.07) is 7.30. The van der Waals surface area contributed by atoms with E-state index < -0.39 is 0 Å². The number of rotatable bonds is 5. The molecule has 3 aromatic rings. The van der Waals surface area contributed by atoms with E-state index in [0.29, 0.717) is 11.6 Å². The topological polar surface area (TPSA) is 68.0 Å². The predicted molar refractivity (Wildman–Crippen MR) is 110 cm³/mol. The summed E-state index contributed by atoms with van der Waals surface area (Å²) in [6.45, 7) is 4.91. The summed E-state index contributed by atoms with van der Waals surface area (Å²) in [5.41, 5.74) is 3.69. The molecule has 1 atom stereocenters. The van der Waals surface area contributed by atoms with Gasteiger partial charge in [-0.1, -0.05) is 25.4 Å². The molecule has 0 aliphatic carbocycles. The van der Waals surface area contributed by atoms with Crippen LogP contribution in [0, 0.1) is 0 Å². The van der Waals surface area contributed by atoms with Crippen molar-refractivity contribution >= 4 is 28.9 Å². The van der Waals surface area contributed by atoms with Crippen molar-refractivity contribution in [3.8, 4) is 5.69 Å². The third kappa shape index (κ3) is 3.38. The highest BCUT2D eigenvalue weighted by molar-refractivity contribution is 6.30. The van der Waals surface area contributed by atoms with E-state index in [2.05, 4.69) is 29.4 Å². The molecule has 0 spiro atoms. The molecule has 1 aliphatic heterocycles. The van der Waals surface area contributed by atoms with Gasteiger partial charge in [0.25, 0.3) is 0 Å². The van der Waals surface area contributed by atoms with Crippen LogP contribution < -0.4 is 10.2 Å². The average Bonchev–Trinajstić information content (AvgIpc) is 3.36. The Morgan fingerprint density at radius 1 is 1.14 bits per heavy atom. The van der Waals surface area contributed by atoms with Crippen molar-refractivity contribution in [2.24, 2.45) is 7.05 Å². The normalized spacial score (nSPS) is 17.0. The smallest absolute Gasteiger partial charge is 0.249 e. The van der Waals surface area contributed by atoms with Crippen molar-refractivity contribution in [2.75, 3.05) is 16.8 Å². The van der Waals surface area contributed by atoms with E-state index in [0.717, 1.165) is 29.2 Å². The molecule has 0 bridgehead atoms. The van der Waals surface area contributed by atoms with Gasteiger partial charge in [-0.3, -0.25) is 9.48 Å². The van der Waals surface area contributed by atoms with Gasteiger partial charge in [-0.25, -0.2) is 4.68 Å². The van der Waals surface area contributed by atoms with Crippen LogP contribution in [-0.4, -0.2) is 38.1 Å². The van der Waals surface area contributed by atoms with Gasteiger partial charge in [-0.15, -0.1) is 0 Å². The first-order valence-electron chi connectivity index (χ1n) is 9.34. The van der Waals surface area contributed by atoms with E-state index in [1.54, 1.807) is 22.0 Å². The largest absolute Gasteiger partial charge is 0.371 e. The first-order chi connectivity index (χ1) is 13.4. The summed E-state index contributed by atoms with van der Waals surface area (Å²) < 4.78 is 3.61. The molecule has 1 N–H and O–H groups in total. The standard InChI is InChI=1S/C20H23ClN6O/c1-13(2)19-18(11-23-27(19)15-6-4-14(21)5-7-15)24-17-8-9-26(20(17)28)16-10-22-25(3)12-16/h4-7,10-13,17,24H,8-9H2,1-3H3. The number of carbonyl (C=O) groups is 1. The fraction of sp³-hybridized carbons (Fsp3) is 0.350. The van der Waals surface area contributed by atoms with Gasteiger partial charge >= 0.3 is 0 Å². The summed E-state index contributed by atoms with van der Waals surface area (Å²) in [5.74, 6) is 0.286. The Morgan fingerprint density at radius 3 is 2.54 bits per heavy atom. The maximum Gasteiger partial charge on any atom is 0.249 e. The summed E-state index contributed by atoms with van der Waals surface area (Å²) >= 11 is 6.01. The lowest BCUT2D eigenvalue weighted by atomic mass is 10.1. The minimum Gasteiger partial charge on any atom is -0.371 e. The van der Waals surface area contributed by atoms with Gasteiger partial charge in [0.2, 0.25) is 5.91 Å². The molecule has 1 aliphatic rings. The molecule has 1 aromatic carbocycles. The van der Waals surface area contributed by atoms with Crippen molar-refractivity contribution < 1.29 is 4.79 Å². The Bertz CT molecular complexity index is 991. The number of anilines is 2. The van der Waals surface area contributed by atoms with Crippen molar-refractivity contribution in [2.45, 2.75) is 32.2 Å². The number of aromatic nitrogens is 4. The summed E-state index contributed by atoms with van der Waals surface area (Å²) in [6.07, 6.45) is 6.11. The van der Waals surface area contributed by atoms with Crippen molar-refractivity contribution in [3.63, 3.8) is 0 Å². The third-order valence-corrected chi connectivity index (χ3v) is 5.21. The number of nitrogens with one attached hydrogen (secondary N) is 1. The van der Waals surface area contributed by atoms with Crippen LogP contribution in [0.25, 0.3) is 5.69 Å². The molecule has 8 heteroatoms. The highest BCUT2D eigenvalue weighted by atomic mass is 35.5. The molecule has 3 heterocycles. The summed E-state index contributed by atoms with van der Waals surface area (Å²) in [4.78, 5) is 14.7. The zero-order valence-corrected chi connectivity index (χ0v) is 16.9. The lowest BCUT2D eigenvalue weighted by Crippen LogP contribution is -2.33. The number of halogens is 1. The maximum absolute atomic E-state index is 12.9. The van der Waals surface area contributed by atoms with Crippen molar-refractivity contribution in [1.29, 1.82) is 0 Å². The first kappa shape index (κ1) is 18.6. The van der Waals surface area contributed by atoms with Gasteiger partial charge in [0.05, 0.1) is 35.1 Å². The molecule has 1 unspecified atom stereocenters. The Hall–Kier alpha value is -2.80. The number of hydrogen-bond acceptors (Lipinski definition) is 4. The number of benzene rings is 1. The SMILES string of the molecule is CC(C)c1c(NC2CCN(c3cnn(C)c3)C2=O)cnn1-c1ccc(Cl)cc1. The van der Waals surface area contributed by atoms with Gasteiger partial charge in [0.15, 0.2) is 0 Å². The first-order valence-corrected chi connectivity index (χ1v) is 9.72. The minimum absolute atomic E-state index is 0.0574. The van der Waals surface area contributed by atoms with E-state index in [-0.39, 0.29) is 17.9 Å². The molecule has 1 saturated heterocycles. The number of amides is 1. The van der Waals surface area contributed by atoms with Crippen LogP contribution >= 0.6 is 11.6 Å². The lowest BCUT2D eigenvalue weighted by molar-refractivity contribution is -0.117. The second kappa shape index (κ2) is 7.31. The lowest BCUT2D eigenvalue weighted by Gasteiger charge is -2.18. The number of carbonyl (C=O) groups excluding carboxylic acids is 1. The highest BCUT2D eigenvalue weighted by Gasteiger charge is 2.34. The van der Waals surface area contributed by atoms with Crippen LogP contribution in [0.4, 0.5) is 11.4 Å². The fourth-order valence-electron chi connectivity index (χ4n) is 3.62. The van der Waals surface area contributed by atoms with Gasteiger partial charge in [0.1, 0.15) is 6.04 Å². The van der Waals surface area contributed by atoms with Crippen LogP contribution in [0.15, 0.2) is 42.9 Å². The zero-order valence-electron chi connectivity index (χ0n) is 16.1. The molecular formula is C20H23ClN6O. The molecular weight excluding hydrogens is 376 g/mol. The number of nitrogens with zero attached hydrogens (tertiary/aromatic N) is 5. The molecule has 4 rings (SSSR count). The molecule has 0 radical (unpaired) electrons. The monoisotopic (exact) mass is 398 g/mol. The second-order valence-electron chi connectivity index (χ2n) is 7.33. The third-order valence-electron chi connectivity index (χ3n) is 4.96. The van der Waals surface area contributed by atoms with Crippen LogP contribution in [0.5, 0.6) is 0 Å². The van der Waals surface area contributed by atoms with E-state index in [1.165, 1.54) is 0 Å². The molecule has 28 heavy (non-hydrogen) atoms. The van der Waals surface area contributed by atoms with Crippen molar-refractivity contribution in [1.82, 2.24) is 19.6 Å². The number of aryl methyl sites for hydroxylation is 1. The predicted octanol–water partition coefficient (Wildman–Crippen LogP) is 3.60. The molecule has 0 saturated carbocycles. The van der Waals surface area contributed by atoms with Crippen LogP contribution in [0.2, 0.25) is 5.02 Å². The van der Waals surface area contributed by atoms with Gasteiger partial charge in [-0.2, -0.15) is 10.2 Å². The van der Waals surface area contributed by atoms with Gasteiger partial charge in [0, 0.05) is 24.8 Å².